The van der Waals surface area contributed by atoms with E-state index in [2.05, 4.69) is 26.0 Å². The molecule has 1 rings (SSSR count). The van der Waals surface area contributed by atoms with Gasteiger partial charge in [-0.3, -0.25) is 4.72 Å². The maximum absolute atomic E-state index is 11.9. The topological polar surface area (TPSA) is 58.2 Å². The van der Waals surface area contributed by atoms with E-state index < -0.39 is 10.0 Å². The molecule has 1 aromatic rings. The summed E-state index contributed by atoms with van der Waals surface area (Å²) in [7, 11) is -3.24. The minimum Gasteiger partial charge on any atom is -0.317 e. The molecule has 4 nitrogen and oxygen atoms in total. The average molecular weight is 349 g/mol. The summed E-state index contributed by atoms with van der Waals surface area (Å²) in [4.78, 5) is 0. The van der Waals surface area contributed by atoms with Crippen molar-refractivity contribution in [3.05, 3.63) is 28.2 Å². The van der Waals surface area contributed by atoms with E-state index in [9.17, 15) is 8.42 Å². The third-order valence-corrected chi connectivity index (χ3v) is 4.96. The van der Waals surface area contributed by atoms with Gasteiger partial charge in [0, 0.05) is 10.2 Å². The van der Waals surface area contributed by atoms with Crippen LogP contribution in [0.4, 0.5) is 5.69 Å². The third kappa shape index (κ3) is 6.40. The number of aryl methyl sites for hydroxylation is 1. The van der Waals surface area contributed by atoms with Crippen molar-refractivity contribution in [2.24, 2.45) is 0 Å². The fourth-order valence-corrected chi connectivity index (χ4v) is 3.08. The second-order valence-electron chi connectivity index (χ2n) is 4.45. The summed E-state index contributed by atoms with van der Waals surface area (Å²) in [6.07, 6.45) is 1.53. The van der Waals surface area contributed by atoms with Crippen LogP contribution in [0.1, 0.15) is 25.3 Å². The van der Waals surface area contributed by atoms with Gasteiger partial charge >= 0.3 is 0 Å². The SMILES string of the molecule is CCNCCCCS(=O)(=O)Nc1ccc(Br)c(C)c1. The molecule has 0 atom stereocenters. The molecule has 0 bridgehead atoms. The summed E-state index contributed by atoms with van der Waals surface area (Å²) in [5.41, 5.74) is 1.62. The quantitative estimate of drug-likeness (QED) is 0.710. The van der Waals surface area contributed by atoms with Crippen LogP contribution in [0.5, 0.6) is 0 Å². The van der Waals surface area contributed by atoms with E-state index in [1.54, 1.807) is 6.07 Å². The van der Waals surface area contributed by atoms with Crippen LogP contribution in [0.15, 0.2) is 22.7 Å². The van der Waals surface area contributed by atoms with Gasteiger partial charge in [0.25, 0.3) is 0 Å². The van der Waals surface area contributed by atoms with Crippen LogP contribution >= 0.6 is 15.9 Å². The molecule has 2 N–H and O–H groups in total. The normalized spacial score (nSPS) is 11.5. The molecule has 6 heteroatoms. The molecule has 0 aliphatic rings. The number of anilines is 1. The fourth-order valence-electron chi connectivity index (χ4n) is 1.66. The second-order valence-corrected chi connectivity index (χ2v) is 7.14. The molecule has 0 amide bonds. The molecule has 0 radical (unpaired) electrons. The van der Waals surface area contributed by atoms with Crippen molar-refractivity contribution in [1.82, 2.24) is 5.32 Å². The average Bonchev–Trinajstić information content (AvgIpc) is 2.33. The van der Waals surface area contributed by atoms with Crippen LogP contribution in [0.3, 0.4) is 0 Å². The van der Waals surface area contributed by atoms with E-state index in [1.807, 2.05) is 26.0 Å². The highest BCUT2D eigenvalue weighted by Gasteiger charge is 2.10. The maximum atomic E-state index is 11.9. The molecule has 0 heterocycles. The van der Waals surface area contributed by atoms with Crippen LogP contribution < -0.4 is 10.0 Å². The van der Waals surface area contributed by atoms with E-state index in [-0.39, 0.29) is 5.75 Å². The van der Waals surface area contributed by atoms with Gasteiger partial charge in [-0.05, 0) is 56.6 Å². The fraction of sp³-hybridized carbons (Fsp3) is 0.538. The molecular weight excluding hydrogens is 328 g/mol. The number of rotatable bonds is 8. The van der Waals surface area contributed by atoms with Gasteiger partial charge in [-0.1, -0.05) is 22.9 Å². The molecule has 0 unspecified atom stereocenters. The van der Waals surface area contributed by atoms with Crippen molar-refractivity contribution < 1.29 is 8.42 Å². The lowest BCUT2D eigenvalue weighted by Crippen LogP contribution is -2.19. The molecule has 1 aromatic carbocycles. The van der Waals surface area contributed by atoms with Crippen molar-refractivity contribution in [3.63, 3.8) is 0 Å². The molecule has 0 saturated heterocycles. The van der Waals surface area contributed by atoms with E-state index in [0.29, 0.717) is 12.1 Å². The summed E-state index contributed by atoms with van der Waals surface area (Å²) in [5, 5.41) is 3.18. The standard InChI is InChI=1S/C13H21BrN2O2S/c1-3-15-8-4-5-9-19(17,18)16-12-6-7-13(14)11(2)10-12/h6-7,10,15-16H,3-5,8-9H2,1-2H3. The zero-order chi connectivity index (χ0) is 14.3. The van der Waals surface area contributed by atoms with E-state index in [0.717, 1.165) is 29.5 Å². The number of benzene rings is 1. The first-order valence-corrected chi connectivity index (χ1v) is 8.86. The number of unbranched alkanes of at least 4 members (excludes halogenated alkanes) is 1. The Hall–Kier alpha value is -0.590. The zero-order valence-corrected chi connectivity index (χ0v) is 13.8. The molecule has 0 aliphatic carbocycles. The third-order valence-electron chi connectivity index (χ3n) is 2.70. The number of hydrogen-bond donors (Lipinski definition) is 2. The number of halogens is 1. The van der Waals surface area contributed by atoms with Crippen LogP contribution in [0.2, 0.25) is 0 Å². The predicted molar refractivity (Wildman–Crippen MR) is 84.1 cm³/mol. The molecule has 0 spiro atoms. The molecule has 0 aliphatic heterocycles. The van der Waals surface area contributed by atoms with Crippen molar-refractivity contribution in [3.8, 4) is 0 Å². The molecule has 0 saturated carbocycles. The predicted octanol–water partition coefficient (Wildman–Crippen LogP) is 2.89. The van der Waals surface area contributed by atoms with E-state index in [1.165, 1.54) is 0 Å². The molecule has 0 fully saturated rings. The highest BCUT2D eigenvalue weighted by molar-refractivity contribution is 9.10. The van der Waals surface area contributed by atoms with Gasteiger partial charge in [-0.2, -0.15) is 0 Å². The summed E-state index contributed by atoms with van der Waals surface area (Å²) in [6, 6.07) is 5.42. The van der Waals surface area contributed by atoms with Gasteiger partial charge in [0.15, 0.2) is 0 Å². The van der Waals surface area contributed by atoms with E-state index >= 15 is 0 Å². The molecule has 108 valence electrons. The van der Waals surface area contributed by atoms with Gasteiger partial charge in [-0.15, -0.1) is 0 Å². The Morgan fingerprint density at radius 3 is 2.63 bits per heavy atom. The lowest BCUT2D eigenvalue weighted by molar-refractivity contribution is 0.593. The van der Waals surface area contributed by atoms with Crippen LogP contribution in [-0.2, 0) is 10.0 Å². The van der Waals surface area contributed by atoms with Gasteiger partial charge in [0.1, 0.15) is 0 Å². The summed E-state index contributed by atoms with van der Waals surface area (Å²) >= 11 is 3.39. The Labute approximate surface area is 124 Å². The Bertz CT molecular complexity index is 503. The first-order chi connectivity index (χ1) is 8.94. The minimum absolute atomic E-state index is 0.160. The van der Waals surface area contributed by atoms with Crippen molar-refractivity contribution >= 4 is 31.6 Å². The first kappa shape index (κ1) is 16.5. The zero-order valence-electron chi connectivity index (χ0n) is 11.4. The first-order valence-electron chi connectivity index (χ1n) is 6.42. The highest BCUT2D eigenvalue weighted by atomic mass is 79.9. The Balaban J connectivity index is 2.47. The monoisotopic (exact) mass is 348 g/mol. The van der Waals surface area contributed by atoms with E-state index in [4.69, 9.17) is 0 Å². The summed E-state index contributed by atoms with van der Waals surface area (Å²) in [5.74, 6) is 0.160. The minimum atomic E-state index is -3.24. The van der Waals surface area contributed by atoms with Gasteiger partial charge in [0.05, 0.1) is 5.75 Å². The van der Waals surface area contributed by atoms with Crippen LogP contribution in [0.25, 0.3) is 0 Å². The molecule has 19 heavy (non-hydrogen) atoms. The highest BCUT2D eigenvalue weighted by Crippen LogP contribution is 2.20. The van der Waals surface area contributed by atoms with Gasteiger partial charge in [-0.25, -0.2) is 8.42 Å². The second kappa shape index (κ2) is 7.87. The Kier molecular flexibility index (Phi) is 6.82. The maximum Gasteiger partial charge on any atom is 0.232 e. The lowest BCUT2D eigenvalue weighted by Gasteiger charge is -2.09. The Morgan fingerprint density at radius 1 is 1.26 bits per heavy atom. The van der Waals surface area contributed by atoms with Crippen LogP contribution in [0, 0.1) is 6.92 Å². The molecule has 0 aromatic heterocycles. The van der Waals surface area contributed by atoms with Crippen molar-refractivity contribution in [2.45, 2.75) is 26.7 Å². The number of sulfonamides is 1. The lowest BCUT2D eigenvalue weighted by atomic mass is 10.2. The van der Waals surface area contributed by atoms with Crippen LogP contribution in [-0.4, -0.2) is 27.3 Å². The summed E-state index contributed by atoms with van der Waals surface area (Å²) in [6.45, 7) is 5.75. The van der Waals surface area contributed by atoms with Crippen molar-refractivity contribution in [1.29, 1.82) is 0 Å². The van der Waals surface area contributed by atoms with Gasteiger partial charge in [0.2, 0.25) is 10.0 Å². The summed E-state index contributed by atoms with van der Waals surface area (Å²) < 4.78 is 27.4. The number of nitrogens with one attached hydrogen (secondary N) is 2. The Morgan fingerprint density at radius 2 is 2.00 bits per heavy atom. The van der Waals surface area contributed by atoms with Crippen molar-refractivity contribution in [2.75, 3.05) is 23.6 Å². The largest absolute Gasteiger partial charge is 0.317 e. The smallest absolute Gasteiger partial charge is 0.232 e. The van der Waals surface area contributed by atoms with Gasteiger partial charge < -0.3 is 5.32 Å². The number of hydrogen-bond acceptors (Lipinski definition) is 3. The molecular formula is C13H21BrN2O2S.